The summed E-state index contributed by atoms with van der Waals surface area (Å²) >= 11 is 0. The number of rotatable bonds is 11. The number of carboxylic acids is 1. The van der Waals surface area contributed by atoms with Gasteiger partial charge in [-0.15, -0.1) is 0 Å². The molecule has 0 aromatic heterocycles. The van der Waals surface area contributed by atoms with Crippen LogP contribution in [0, 0.1) is 0 Å². The van der Waals surface area contributed by atoms with Gasteiger partial charge in [0.05, 0.1) is 5.75 Å². The normalized spacial score (nSPS) is 17.2. The first kappa shape index (κ1) is 30.9. The number of alkyl carbamates (subject to hydrolysis) is 1. The third-order valence-corrected chi connectivity index (χ3v) is 7.81. The SMILES string of the molecule is CC(C)(C)OC(=O)N[C@@H](Cc1ccc(O)cc1)C(=O)N1CCC[C@@H]1CS(=O)(=O)N[C@@H](Cc1ccccc1)C(=O)O. The molecule has 2 aromatic carbocycles. The Kier molecular flexibility index (Phi) is 10.2. The minimum absolute atomic E-state index is 0.0305. The molecule has 12 heteroatoms. The van der Waals surface area contributed by atoms with Crippen LogP contribution in [-0.2, 0) is 37.2 Å². The van der Waals surface area contributed by atoms with Crippen LogP contribution >= 0.6 is 0 Å². The van der Waals surface area contributed by atoms with E-state index in [1.165, 1.54) is 17.0 Å². The molecule has 4 N–H and O–H groups in total. The van der Waals surface area contributed by atoms with Crippen molar-refractivity contribution in [2.45, 2.75) is 70.2 Å². The second-order valence-corrected chi connectivity index (χ2v) is 12.7. The van der Waals surface area contributed by atoms with Gasteiger partial charge in [-0.1, -0.05) is 42.5 Å². The van der Waals surface area contributed by atoms with E-state index >= 15 is 0 Å². The summed E-state index contributed by atoms with van der Waals surface area (Å²) in [7, 11) is -4.10. The lowest BCUT2D eigenvalue weighted by molar-refractivity contribution is -0.139. The van der Waals surface area contributed by atoms with Crippen molar-refractivity contribution in [1.82, 2.24) is 14.9 Å². The summed E-state index contributed by atoms with van der Waals surface area (Å²) in [6.45, 7) is 5.37. The first-order valence-corrected chi connectivity index (χ1v) is 14.7. The van der Waals surface area contributed by atoms with Gasteiger partial charge in [0, 0.05) is 19.0 Å². The molecule has 11 nitrogen and oxygen atoms in total. The van der Waals surface area contributed by atoms with Crippen molar-refractivity contribution in [3.05, 3.63) is 65.7 Å². The molecule has 0 radical (unpaired) electrons. The number of nitrogens with zero attached hydrogens (tertiary/aromatic N) is 1. The summed E-state index contributed by atoms with van der Waals surface area (Å²) in [4.78, 5) is 39.5. The highest BCUT2D eigenvalue weighted by Gasteiger charge is 2.38. The standard InChI is InChI=1S/C28H37N3O8S/c1-28(2,3)39-27(36)29-23(16-20-11-13-22(32)14-12-20)25(33)31-15-7-10-21(31)18-40(37,38)30-24(26(34)35)17-19-8-5-4-6-9-19/h4-6,8-9,11-14,21,23-24,30,32H,7,10,15-18H2,1-3H3,(H,29,36)(H,34,35)/t21-,23+,24+/m1/s1. The Bertz CT molecular complexity index is 1280. The highest BCUT2D eigenvalue weighted by molar-refractivity contribution is 7.89. The van der Waals surface area contributed by atoms with E-state index in [4.69, 9.17) is 4.74 Å². The first-order valence-electron chi connectivity index (χ1n) is 13.1. The molecule has 1 heterocycles. The van der Waals surface area contributed by atoms with Gasteiger partial charge in [0.15, 0.2) is 0 Å². The van der Waals surface area contributed by atoms with Gasteiger partial charge in [0.25, 0.3) is 0 Å². The van der Waals surface area contributed by atoms with Gasteiger partial charge in [-0.05, 0) is 63.3 Å². The molecule has 3 rings (SSSR count). The number of ether oxygens (including phenoxy) is 1. The maximum Gasteiger partial charge on any atom is 0.408 e. The van der Waals surface area contributed by atoms with Crippen LogP contribution in [0.2, 0.25) is 0 Å². The van der Waals surface area contributed by atoms with Gasteiger partial charge in [0.1, 0.15) is 23.4 Å². The number of phenols is 1. The Balaban J connectivity index is 1.75. The predicted octanol–water partition coefficient (Wildman–Crippen LogP) is 2.43. The van der Waals surface area contributed by atoms with E-state index in [0.29, 0.717) is 24.0 Å². The lowest BCUT2D eigenvalue weighted by atomic mass is 10.0. The number of amides is 2. The van der Waals surface area contributed by atoms with Gasteiger partial charge >= 0.3 is 12.1 Å². The molecule has 2 amide bonds. The highest BCUT2D eigenvalue weighted by atomic mass is 32.2. The van der Waals surface area contributed by atoms with E-state index < -0.39 is 57.5 Å². The first-order chi connectivity index (χ1) is 18.7. The molecule has 0 bridgehead atoms. The van der Waals surface area contributed by atoms with Crippen molar-refractivity contribution in [2.75, 3.05) is 12.3 Å². The highest BCUT2D eigenvalue weighted by Crippen LogP contribution is 2.22. The minimum Gasteiger partial charge on any atom is -0.508 e. The molecule has 40 heavy (non-hydrogen) atoms. The molecule has 0 saturated carbocycles. The lowest BCUT2D eigenvalue weighted by Crippen LogP contribution is -2.54. The summed E-state index contributed by atoms with van der Waals surface area (Å²) in [6.07, 6.45) is 0.222. The number of sulfonamides is 1. The molecule has 2 aromatic rings. The molecule has 1 aliphatic heterocycles. The molecule has 1 aliphatic rings. The topological polar surface area (TPSA) is 162 Å². The fourth-order valence-electron chi connectivity index (χ4n) is 4.56. The Morgan fingerprint density at radius 2 is 1.60 bits per heavy atom. The van der Waals surface area contributed by atoms with Crippen LogP contribution in [0.25, 0.3) is 0 Å². The number of nitrogens with one attached hydrogen (secondary N) is 2. The van der Waals surface area contributed by atoms with Gasteiger partial charge in [0.2, 0.25) is 15.9 Å². The van der Waals surface area contributed by atoms with Crippen molar-refractivity contribution in [2.24, 2.45) is 0 Å². The van der Waals surface area contributed by atoms with E-state index in [1.54, 1.807) is 63.2 Å². The van der Waals surface area contributed by atoms with Crippen LogP contribution in [0.3, 0.4) is 0 Å². The Hall–Kier alpha value is -3.64. The zero-order valence-corrected chi connectivity index (χ0v) is 23.7. The fraction of sp³-hybridized carbons (Fsp3) is 0.464. The van der Waals surface area contributed by atoms with E-state index in [0.717, 1.165) is 0 Å². The third-order valence-electron chi connectivity index (χ3n) is 6.34. The number of benzene rings is 2. The van der Waals surface area contributed by atoms with Crippen LogP contribution in [0.5, 0.6) is 5.75 Å². The number of carbonyl (C=O) groups excluding carboxylic acids is 2. The summed E-state index contributed by atoms with van der Waals surface area (Å²) in [5.41, 5.74) is 0.537. The molecular weight excluding hydrogens is 538 g/mol. The molecule has 218 valence electrons. The number of hydrogen-bond donors (Lipinski definition) is 4. The molecule has 1 fully saturated rings. The second kappa shape index (κ2) is 13.1. The third kappa shape index (κ3) is 9.53. The number of carboxylic acid groups (broad SMARTS) is 1. The molecule has 1 saturated heterocycles. The van der Waals surface area contributed by atoms with Gasteiger partial charge < -0.3 is 25.2 Å². The van der Waals surface area contributed by atoms with Crippen LogP contribution in [0.15, 0.2) is 54.6 Å². The Morgan fingerprint density at radius 3 is 2.20 bits per heavy atom. The molecule has 0 aliphatic carbocycles. The number of hydrogen-bond acceptors (Lipinski definition) is 7. The average molecular weight is 576 g/mol. The molecule has 3 atom stereocenters. The van der Waals surface area contributed by atoms with Crippen LogP contribution in [-0.4, -0.2) is 77.5 Å². The lowest BCUT2D eigenvalue weighted by Gasteiger charge is -2.30. The maximum atomic E-state index is 13.7. The largest absolute Gasteiger partial charge is 0.508 e. The predicted molar refractivity (Wildman–Crippen MR) is 148 cm³/mol. The quantitative estimate of drug-likeness (QED) is 0.318. The summed E-state index contributed by atoms with van der Waals surface area (Å²) in [5, 5.41) is 21.9. The second-order valence-electron chi connectivity index (χ2n) is 10.9. The van der Waals surface area contributed by atoms with Crippen LogP contribution < -0.4 is 10.0 Å². The van der Waals surface area contributed by atoms with Gasteiger partial charge in [-0.3, -0.25) is 9.59 Å². The smallest absolute Gasteiger partial charge is 0.408 e. The Morgan fingerprint density at radius 1 is 1.00 bits per heavy atom. The minimum atomic E-state index is -4.10. The number of likely N-dealkylation sites (tertiary alicyclic amines) is 1. The number of aromatic hydroxyl groups is 1. The monoisotopic (exact) mass is 575 g/mol. The van der Waals surface area contributed by atoms with Crippen molar-refractivity contribution >= 4 is 28.0 Å². The maximum absolute atomic E-state index is 13.7. The average Bonchev–Trinajstić information content (AvgIpc) is 3.30. The van der Waals surface area contributed by atoms with Crippen molar-refractivity contribution in [3.63, 3.8) is 0 Å². The number of carbonyl (C=O) groups is 3. The summed E-state index contributed by atoms with van der Waals surface area (Å²) in [6, 6.07) is 11.7. The van der Waals surface area contributed by atoms with E-state index in [2.05, 4.69) is 10.0 Å². The van der Waals surface area contributed by atoms with Gasteiger partial charge in [-0.2, -0.15) is 0 Å². The van der Waals surface area contributed by atoms with Crippen LogP contribution in [0.1, 0.15) is 44.7 Å². The van der Waals surface area contributed by atoms with Crippen molar-refractivity contribution < 1.29 is 37.8 Å². The number of phenolic OH excluding ortho intramolecular Hbond substituents is 1. The van der Waals surface area contributed by atoms with Crippen molar-refractivity contribution in [1.29, 1.82) is 0 Å². The zero-order valence-electron chi connectivity index (χ0n) is 22.9. The molecule has 0 unspecified atom stereocenters. The molecule has 0 spiro atoms. The fourth-order valence-corrected chi connectivity index (χ4v) is 6.13. The van der Waals surface area contributed by atoms with E-state index in [-0.39, 0.29) is 25.1 Å². The Labute approximate surface area is 234 Å². The summed E-state index contributed by atoms with van der Waals surface area (Å²) < 4.78 is 33.7. The zero-order chi connectivity index (χ0) is 29.5. The molecular formula is C28H37N3O8S. The summed E-state index contributed by atoms with van der Waals surface area (Å²) in [5.74, 6) is -2.20. The van der Waals surface area contributed by atoms with Crippen molar-refractivity contribution in [3.8, 4) is 5.75 Å². The van der Waals surface area contributed by atoms with E-state index in [9.17, 15) is 33.0 Å². The number of aliphatic carboxylic acids is 1. The van der Waals surface area contributed by atoms with E-state index in [1.807, 2.05) is 0 Å². The van der Waals surface area contributed by atoms with Crippen LogP contribution in [0.4, 0.5) is 4.79 Å². The van der Waals surface area contributed by atoms with Gasteiger partial charge in [-0.25, -0.2) is 17.9 Å².